The summed E-state index contributed by atoms with van der Waals surface area (Å²) < 4.78 is 0. The van der Waals surface area contributed by atoms with Crippen molar-refractivity contribution in [2.45, 2.75) is 33.1 Å². The van der Waals surface area contributed by atoms with Gasteiger partial charge in [0.1, 0.15) is 5.82 Å². The molecule has 0 aliphatic carbocycles. The molecule has 1 saturated heterocycles. The van der Waals surface area contributed by atoms with Gasteiger partial charge in [0.25, 0.3) is 0 Å². The van der Waals surface area contributed by atoms with Crippen molar-refractivity contribution in [2.24, 2.45) is 5.41 Å². The topological polar surface area (TPSA) is 93.9 Å². The second-order valence-electron chi connectivity index (χ2n) is 5.66. The summed E-state index contributed by atoms with van der Waals surface area (Å²) in [6.45, 7) is 7.51. The largest absolute Gasteiger partial charge is 0.355 e. The molecule has 1 amide bonds. The van der Waals surface area contributed by atoms with Crippen LogP contribution in [0.1, 0.15) is 32.5 Å². The summed E-state index contributed by atoms with van der Waals surface area (Å²) in [4.78, 5) is 28.1. The molecule has 1 aromatic heterocycles. The second kappa shape index (κ2) is 6.21. The van der Waals surface area contributed by atoms with E-state index in [2.05, 4.69) is 32.3 Å². The first kappa shape index (κ1) is 14.8. The third kappa shape index (κ3) is 3.47. The fourth-order valence-electron chi connectivity index (χ4n) is 2.73. The molecule has 1 aromatic rings. The highest BCUT2D eigenvalue weighted by Gasteiger charge is 2.36. The molecule has 20 heavy (non-hydrogen) atoms. The van der Waals surface area contributed by atoms with Gasteiger partial charge in [0.05, 0.1) is 5.41 Å². The monoisotopic (exact) mass is 281 g/mol. The molecule has 112 valence electrons. The van der Waals surface area contributed by atoms with Crippen LogP contribution in [-0.4, -0.2) is 52.2 Å². The van der Waals surface area contributed by atoms with Crippen molar-refractivity contribution in [1.29, 1.82) is 0 Å². The summed E-state index contributed by atoms with van der Waals surface area (Å²) in [6.07, 6.45) is 2.51. The number of nitrogens with one attached hydrogen (secondary N) is 3. The molecule has 0 radical (unpaired) electrons. The third-order valence-electron chi connectivity index (χ3n) is 3.97. The first-order valence-electron chi connectivity index (χ1n) is 7.18. The summed E-state index contributed by atoms with van der Waals surface area (Å²) in [7, 11) is 0. The smallest absolute Gasteiger partial charge is 0.340 e. The van der Waals surface area contributed by atoms with Crippen LogP contribution in [0.5, 0.6) is 0 Å². The molecular formula is C13H23N5O2. The zero-order chi connectivity index (χ0) is 14.6. The van der Waals surface area contributed by atoms with E-state index in [9.17, 15) is 9.59 Å². The minimum atomic E-state index is -0.316. The summed E-state index contributed by atoms with van der Waals surface area (Å²) in [5.41, 5.74) is -0.628. The summed E-state index contributed by atoms with van der Waals surface area (Å²) >= 11 is 0. The number of H-pyrrole nitrogens is 2. The van der Waals surface area contributed by atoms with E-state index in [1.165, 1.54) is 0 Å². The molecule has 1 fully saturated rings. The first-order valence-corrected chi connectivity index (χ1v) is 7.18. The first-order chi connectivity index (χ1) is 9.53. The molecule has 0 spiro atoms. The second-order valence-corrected chi connectivity index (χ2v) is 5.66. The van der Waals surface area contributed by atoms with Crippen LogP contribution in [0.3, 0.4) is 0 Å². The van der Waals surface area contributed by atoms with Gasteiger partial charge < -0.3 is 10.2 Å². The number of hydrogen-bond donors (Lipinski definition) is 3. The molecule has 1 atom stereocenters. The third-order valence-corrected chi connectivity index (χ3v) is 3.97. The van der Waals surface area contributed by atoms with Crippen molar-refractivity contribution in [3.05, 3.63) is 16.3 Å². The van der Waals surface area contributed by atoms with Crippen molar-refractivity contribution < 1.29 is 4.79 Å². The summed E-state index contributed by atoms with van der Waals surface area (Å²) in [5.74, 6) is 0.660. The van der Waals surface area contributed by atoms with Crippen LogP contribution in [0.2, 0.25) is 0 Å². The van der Waals surface area contributed by atoms with Crippen LogP contribution >= 0.6 is 0 Å². The van der Waals surface area contributed by atoms with E-state index < -0.39 is 0 Å². The molecule has 0 aromatic carbocycles. The summed E-state index contributed by atoms with van der Waals surface area (Å²) in [6, 6.07) is 0. The molecule has 0 unspecified atom stereocenters. The van der Waals surface area contributed by atoms with Gasteiger partial charge in [-0.15, -0.1) is 0 Å². The van der Waals surface area contributed by atoms with Crippen molar-refractivity contribution in [3.8, 4) is 0 Å². The Balaban J connectivity index is 1.83. The van der Waals surface area contributed by atoms with Gasteiger partial charge in [-0.05, 0) is 32.9 Å². The standard InChI is InChI=1S/C13H23N5O2/c1-3-18-8-4-6-13(2,9-18)11(19)14-7-5-10-15-12(20)17-16-10/h3-9H2,1-2H3,(H,14,19)(H2,15,16,17,20)/t13-/m1/s1. The number of carbonyl (C=O) groups excluding carboxylic acids is 1. The number of likely N-dealkylation sites (tertiary alicyclic amines) is 1. The molecule has 0 bridgehead atoms. The van der Waals surface area contributed by atoms with E-state index in [0.29, 0.717) is 18.8 Å². The highest BCUT2D eigenvalue weighted by atomic mass is 16.2. The maximum absolute atomic E-state index is 12.3. The molecule has 1 aliphatic rings. The van der Waals surface area contributed by atoms with Crippen molar-refractivity contribution in [1.82, 2.24) is 25.4 Å². The van der Waals surface area contributed by atoms with Gasteiger partial charge in [0, 0.05) is 19.5 Å². The number of piperidine rings is 1. The zero-order valence-electron chi connectivity index (χ0n) is 12.2. The lowest BCUT2D eigenvalue weighted by Gasteiger charge is -2.38. The van der Waals surface area contributed by atoms with Crippen molar-refractivity contribution >= 4 is 5.91 Å². The normalized spacial score (nSPS) is 23.7. The Kier molecular flexibility index (Phi) is 4.59. The van der Waals surface area contributed by atoms with Crippen LogP contribution < -0.4 is 11.0 Å². The lowest BCUT2D eigenvalue weighted by Crippen LogP contribution is -2.50. The Bertz CT molecular complexity index is 509. The maximum Gasteiger partial charge on any atom is 0.340 e. The lowest BCUT2D eigenvalue weighted by atomic mass is 9.81. The number of aromatic nitrogens is 3. The minimum absolute atomic E-state index is 0.0912. The predicted molar refractivity (Wildman–Crippen MR) is 75.4 cm³/mol. The number of carbonyl (C=O) groups is 1. The Hall–Kier alpha value is -1.63. The van der Waals surface area contributed by atoms with E-state index >= 15 is 0 Å². The van der Waals surface area contributed by atoms with Gasteiger partial charge in [-0.3, -0.25) is 9.78 Å². The van der Waals surface area contributed by atoms with E-state index in [1.54, 1.807) is 0 Å². The van der Waals surface area contributed by atoms with Crippen molar-refractivity contribution in [2.75, 3.05) is 26.2 Å². The predicted octanol–water partition coefficient (Wildman–Crippen LogP) is -0.121. The molecule has 1 aliphatic heterocycles. The molecular weight excluding hydrogens is 258 g/mol. The van der Waals surface area contributed by atoms with Gasteiger partial charge >= 0.3 is 5.69 Å². The van der Waals surface area contributed by atoms with Crippen LogP contribution in [0.15, 0.2) is 4.79 Å². The quantitative estimate of drug-likeness (QED) is 0.701. The van der Waals surface area contributed by atoms with Crippen LogP contribution in [0.4, 0.5) is 0 Å². The molecule has 7 heteroatoms. The maximum atomic E-state index is 12.3. The van der Waals surface area contributed by atoms with Gasteiger partial charge in [-0.2, -0.15) is 5.10 Å². The molecule has 7 nitrogen and oxygen atoms in total. The SMILES string of the molecule is CCN1CCC[C@@](C)(C(=O)NCCc2n[nH]c(=O)[nH]2)C1. The van der Waals surface area contributed by atoms with Crippen molar-refractivity contribution in [3.63, 3.8) is 0 Å². The zero-order valence-corrected chi connectivity index (χ0v) is 12.2. The van der Waals surface area contributed by atoms with E-state index in [1.807, 2.05) is 6.92 Å². The Labute approximate surface area is 118 Å². The molecule has 2 rings (SSSR count). The van der Waals surface area contributed by atoms with Gasteiger partial charge in [0.2, 0.25) is 5.91 Å². The highest BCUT2D eigenvalue weighted by molar-refractivity contribution is 5.82. The number of hydrogen-bond acceptors (Lipinski definition) is 4. The Morgan fingerprint density at radius 1 is 1.55 bits per heavy atom. The number of rotatable bonds is 5. The number of amides is 1. The Morgan fingerprint density at radius 2 is 2.35 bits per heavy atom. The average Bonchev–Trinajstić information content (AvgIpc) is 2.84. The fraction of sp³-hybridized carbons (Fsp3) is 0.769. The molecule has 3 N–H and O–H groups in total. The lowest BCUT2D eigenvalue weighted by molar-refractivity contribution is -0.133. The Morgan fingerprint density at radius 3 is 3.00 bits per heavy atom. The molecule has 0 saturated carbocycles. The minimum Gasteiger partial charge on any atom is -0.355 e. The van der Waals surface area contributed by atoms with Crippen LogP contribution in [0.25, 0.3) is 0 Å². The van der Waals surface area contributed by atoms with E-state index in [-0.39, 0.29) is 17.0 Å². The summed E-state index contributed by atoms with van der Waals surface area (Å²) in [5, 5.41) is 9.08. The average molecular weight is 281 g/mol. The van der Waals surface area contributed by atoms with Crippen LogP contribution in [0, 0.1) is 5.41 Å². The molecule has 2 heterocycles. The van der Waals surface area contributed by atoms with E-state index in [4.69, 9.17) is 0 Å². The number of aromatic amines is 2. The van der Waals surface area contributed by atoms with Gasteiger partial charge in [0.15, 0.2) is 0 Å². The fourth-order valence-corrected chi connectivity index (χ4v) is 2.73. The van der Waals surface area contributed by atoms with Gasteiger partial charge in [-0.1, -0.05) is 6.92 Å². The van der Waals surface area contributed by atoms with Gasteiger partial charge in [-0.25, -0.2) is 9.89 Å². The highest BCUT2D eigenvalue weighted by Crippen LogP contribution is 2.29. The van der Waals surface area contributed by atoms with Crippen LogP contribution in [-0.2, 0) is 11.2 Å². The van der Waals surface area contributed by atoms with E-state index in [0.717, 1.165) is 32.5 Å². The number of nitrogens with zero attached hydrogens (tertiary/aromatic N) is 2.